The molecule has 60 heavy (non-hydrogen) atoms. The van der Waals surface area contributed by atoms with Gasteiger partial charge in [-0.05, 0) is 64.3 Å². The van der Waals surface area contributed by atoms with Gasteiger partial charge in [0.05, 0.1) is 12.5 Å². The van der Waals surface area contributed by atoms with E-state index in [2.05, 4.69) is 50.1 Å². The van der Waals surface area contributed by atoms with Crippen LogP contribution in [0.5, 0.6) is 0 Å². The Morgan fingerprint density at radius 2 is 1.20 bits per heavy atom. The summed E-state index contributed by atoms with van der Waals surface area (Å²) in [5, 5.41) is 2.97. The van der Waals surface area contributed by atoms with Gasteiger partial charge in [0, 0.05) is 45.6 Å². The highest BCUT2D eigenvalue weighted by molar-refractivity contribution is 5.69. The minimum Gasteiger partial charge on any atom is -0.465 e. The van der Waals surface area contributed by atoms with Gasteiger partial charge in [-0.25, -0.2) is 4.79 Å². The lowest BCUT2D eigenvalue weighted by atomic mass is 10.1. The van der Waals surface area contributed by atoms with Crippen LogP contribution < -0.4 is 5.32 Å². The van der Waals surface area contributed by atoms with Gasteiger partial charge in [0.15, 0.2) is 12.6 Å². The molecule has 2 heterocycles. The van der Waals surface area contributed by atoms with Crippen molar-refractivity contribution in [3.8, 4) is 0 Å². The van der Waals surface area contributed by atoms with Gasteiger partial charge in [0.1, 0.15) is 18.9 Å². The summed E-state index contributed by atoms with van der Waals surface area (Å²) in [6, 6.07) is 0. The molecular formula is C50H94N2O8. The standard InChI is InChI=1S/C50H94N2O8/c1-5-9-12-15-18-19-20-21-22-23-24-25-26-27-30-33-46(53)57-42-44-43-58-48(60-49(44)51-50(54)59-45-36-38-52(8-4)39-37-45)35-34-47(55-40-31-28-16-13-10-6-2)56-41-32-29-17-14-11-7-3/h21-22,44-45,47-49H,5-20,23-43H2,1-4H3,(H,51,54)/b22-21-. The van der Waals surface area contributed by atoms with Crippen LogP contribution in [0.4, 0.5) is 4.79 Å². The molecular weight excluding hydrogens is 757 g/mol. The van der Waals surface area contributed by atoms with Gasteiger partial charge in [-0.3, -0.25) is 10.1 Å². The number of allylic oxidation sites excluding steroid dienone is 2. The van der Waals surface area contributed by atoms with Crippen LogP contribution in [-0.2, 0) is 33.2 Å². The van der Waals surface area contributed by atoms with Gasteiger partial charge in [0.2, 0.25) is 0 Å². The minimum absolute atomic E-state index is 0.113. The van der Waals surface area contributed by atoms with Crippen LogP contribution in [0.3, 0.4) is 0 Å². The van der Waals surface area contributed by atoms with Crippen molar-refractivity contribution >= 4 is 12.1 Å². The summed E-state index contributed by atoms with van der Waals surface area (Å²) in [7, 11) is 0. The molecule has 1 amide bonds. The van der Waals surface area contributed by atoms with Crippen molar-refractivity contribution in [1.82, 2.24) is 10.2 Å². The van der Waals surface area contributed by atoms with E-state index in [4.69, 9.17) is 28.4 Å². The lowest BCUT2D eigenvalue weighted by molar-refractivity contribution is -0.255. The Balaban J connectivity index is 1.80. The number of unbranched alkanes of at least 4 members (excludes halogenated alkanes) is 21. The average Bonchev–Trinajstić information content (AvgIpc) is 3.25. The lowest BCUT2D eigenvalue weighted by Crippen LogP contribution is -2.52. The van der Waals surface area contributed by atoms with E-state index >= 15 is 0 Å². The van der Waals surface area contributed by atoms with Crippen molar-refractivity contribution in [2.75, 3.05) is 46.1 Å². The van der Waals surface area contributed by atoms with Gasteiger partial charge < -0.3 is 33.3 Å². The second-order valence-corrected chi connectivity index (χ2v) is 17.6. The second-order valence-electron chi connectivity index (χ2n) is 17.6. The number of nitrogens with zero attached hydrogens (tertiary/aromatic N) is 1. The van der Waals surface area contributed by atoms with Crippen molar-refractivity contribution in [3.05, 3.63) is 12.2 Å². The summed E-state index contributed by atoms with van der Waals surface area (Å²) in [5.74, 6) is -0.566. The molecule has 2 rings (SSSR count). The highest BCUT2D eigenvalue weighted by Crippen LogP contribution is 2.24. The number of ether oxygens (including phenoxy) is 6. The van der Waals surface area contributed by atoms with E-state index in [1.165, 1.54) is 122 Å². The number of carbonyl (C=O) groups is 2. The fraction of sp³-hybridized carbons (Fsp3) is 0.920. The molecule has 0 aliphatic carbocycles. The lowest BCUT2D eigenvalue weighted by Gasteiger charge is -2.37. The molecule has 2 aliphatic rings. The van der Waals surface area contributed by atoms with E-state index in [-0.39, 0.29) is 30.9 Å². The molecule has 0 aromatic carbocycles. The Labute approximate surface area is 368 Å². The van der Waals surface area contributed by atoms with Crippen LogP contribution in [0, 0.1) is 5.92 Å². The average molecular weight is 851 g/mol. The number of likely N-dealkylation sites (tertiary alicyclic amines) is 1. The van der Waals surface area contributed by atoms with Crippen molar-refractivity contribution in [1.29, 1.82) is 0 Å². The SMILES string of the molecule is CCCCCCCC/C=C\CCCCCCCC(=O)OCC1COC(CCC(OCCCCCCCC)OCCCCCCCC)OC1NC(=O)OC1CCN(CC)CC1. The molecule has 2 saturated heterocycles. The number of rotatable bonds is 39. The maximum absolute atomic E-state index is 13.2. The molecule has 0 spiro atoms. The van der Waals surface area contributed by atoms with Crippen LogP contribution >= 0.6 is 0 Å². The quantitative estimate of drug-likeness (QED) is 0.0280. The molecule has 2 fully saturated rings. The molecule has 0 bridgehead atoms. The number of piperidine rings is 1. The van der Waals surface area contributed by atoms with E-state index in [0.29, 0.717) is 39.1 Å². The number of esters is 1. The van der Waals surface area contributed by atoms with Gasteiger partial charge in [-0.1, -0.05) is 155 Å². The van der Waals surface area contributed by atoms with Gasteiger partial charge >= 0.3 is 12.1 Å². The van der Waals surface area contributed by atoms with E-state index in [0.717, 1.165) is 71.0 Å². The molecule has 1 N–H and O–H groups in total. The number of hydrogen-bond donors (Lipinski definition) is 1. The highest BCUT2D eigenvalue weighted by Gasteiger charge is 2.35. The predicted molar refractivity (Wildman–Crippen MR) is 245 cm³/mol. The Morgan fingerprint density at radius 1 is 0.683 bits per heavy atom. The first-order valence-electron chi connectivity index (χ1n) is 25.5. The maximum atomic E-state index is 13.2. The van der Waals surface area contributed by atoms with Crippen molar-refractivity contribution < 1.29 is 38.0 Å². The van der Waals surface area contributed by atoms with Gasteiger partial charge in [-0.2, -0.15) is 0 Å². The summed E-state index contributed by atoms with van der Waals surface area (Å²) in [6.45, 7) is 13.5. The van der Waals surface area contributed by atoms with Crippen LogP contribution in [0.15, 0.2) is 12.2 Å². The Kier molecular flexibility index (Phi) is 35.3. The normalized spacial score (nSPS) is 19.1. The van der Waals surface area contributed by atoms with Crippen LogP contribution in [-0.4, -0.2) is 87.9 Å². The fourth-order valence-electron chi connectivity index (χ4n) is 8.01. The zero-order valence-electron chi connectivity index (χ0n) is 39.4. The minimum atomic E-state index is -0.703. The molecule has 0 aromatic heterocycles. The van der Waals surface area contributed by atoms with Crippen LogP contribution in [0.2, 0.25) is 0 Å². The third kappa shape index (κ3) is 29.6. The molecule has 352 valence electrons. The summed E-state index contributed by atoms with van der Waals surface area (Å²) < 4.78 is 36.7. The molecule has 3 unspecified atom stereocenters. The van der Waals surface area contributed by atoms with Crippen LogP contribution in [0.25, 0.3) is 0 Å². The van der Waals surface area contributed by atoms with Crippen LogP contribution in [0.1, 0.15) is 220 Å². The zero-order chi connectivity index (χ0) is 43.1. The number of alkyl carbamates (subject to hydrolysis) is 1. The number of nitrogens with one attached hydrogen (secondary N) is 1. The number of hydrogen-bond acceptors (Lipinski definition) is 9. The molecule has 10 heteroatoms. The molecule has 0 saturated carbocycles. The molecule has 2 aliphatic heterocycles. The fourth-order valence-corrected chi connectivity index (χ4v) is 8.01. The Hall–Kier alpha value is -1.72. The molecule has 3 atom stereocenters. The van der Waals surface area contributed by atoms with Gasteiger partial charge in [-0.15, -0.1) is 0 Å². The number of amides is 1. The third-order valence-corrected chi connectivity index (χ3v) is 12.1. The first kappa shape index (κ1) is 54.4. The Bertz CT molecular complexity index is 1000. The second kappa shape index (κ2) is 38.9. The highest BCUT2D eigenvalue weighted by atomic mass is 16.7. The van der Waals surface area contributed by atoms with E-state index in [1.807, 2.05) is 0 Å². The third-order valence-electron chi connectivity index (χ3n) is 12.1. The van der Waals surface area contributed by atoms with Gasteiger partial charge in [0.25, 0.3) is 0 Å². The molecule has 10 nitrogen and oxygen atoms in total. The summed E-state index contributed by atoms with van der Waals surface area (Å²) in [5.41, 5.74) is 0. The maximum Gasteiger partial charge on any atom is 0.409 e. The smallest absolute Gasteiger partial charge is 0.409 e. The largest absolute Gasteiger partial charge is 0.465 e. The monoisotopic (exact) mass is 851 g/mol. The van der Waals surface area contributed by atoms with Crippen molar-refractivity contribution in [3.63, 3.8) is 0 Å². The first-order valence-corrected chi connectivity index (χ1v) is 25.5. The molecule has 0 aromatic rings. The number of carbonyl (C=O) groups excluding carboxylic acids is 2. The first-order chi connectivity index (χ1) is 29.5. The summed E-state index contributed by atoms with van der Waals surface area (Å²) in [6.07, 6.45) is 36.0. The van der Waals surface area contributed by atoms with Crippen molar-refractivity contribution in [2.24, 2.45) is 5.92 Å². The topological polar surface area (TPSA) is 105 Å². The Morgan fingerprint density at radius 3 is 1.75 bits per heavy atom. The summed E-state index contributed by atoms with van der Waals surface area (Å²) >= 11 is 0. The molecule has 0 radical (unpaired) electrons. The predicted octanol–water partition coefficient (Wildman–Crippen LogP) is 13.0. The van der Waals surface area contributed by atoms with Crippen molar-refractivity contribution in [2.45, 2.75) is 245 Å². The van der Waals surface area contributed by atoms with E-state index in [1.54, 1.807) is 0 Å². The van der Waals surface area contributed by atoms with E-state index < -0.39 is 18.6 Å². The zero-order valence-corrected chi connectivity index (χ0v) is 39.4. The summed E-state index contributed by atoms with van der Waals surface area (Å²) in [4.78, 5) is 28.4. The van der Waals surface area contributed by atoms with E-state index in [9.17, 15) is 9.59 Å².